The lowest BCUT2D eigenvalue weighted by Crippen LogP contribution is -2.55. The van der Waals surface area contributed by atoms with E-state index in [9.17, 15) is 38.4 Å². The Balaban J connectivity index is 0.000000180. The van der Waals surface area contributed by atoms with Gasteiger partial charge in [0.1, 0.15) is 6.10 Å². The fourth-order valence-electron chi connectivity index (χ4n) is 22.5. The number of ether oxygens (including phenoxy) is 4. The van der Waals surface area contributed by atoms with Gasteiger partial charge in [0.05, 0.1) is 31.0 Å². The van der Waals surface area contributed by atoms with Crippen LogP contribution >= 0.6 is 0 Å². The van der Waals surface area contributed by atoms with E-state index in [-0.39, 0.29) is 66.4 Å². The summed E-state index contributed by atoms with van der Waals surface area (Å²) in [5.41, 5.74) is 0. The summed E-state index contributed by atoms with van der Waals surface area (Å²) in [6, 6.07) is 5.70. The number of rotatable bonds is 17. The van der Waals surface area contributed by atoms with Crippen LogP contribution in [0.1, 0.15) is 240 Å². The maximum atomic E-state index is 12.5. The molecule has 16 rings (SSSR count). The molecule has 0 aromatic rings. The molecule has 15 aliphatic heterocycles. The lowest BCUT2D eigenvalue weighted by molar-refractivity contribution is -0.143. The van der Waals surface area contributed by atoms with E-state index in [2.05, 4.69) is 184 Å². The van der Waals surface area contributed by atoms with Crippen LogP contribution in [0.3, 0.4) is 0 Å². The SMILES string of the molecule is CC(C)N1CCN(C(=O)C2CCCCC2)CC1.CC(C)N1CCN(C(=O)C2CCCCN2)CC1.CC(C)N1CCN(C(=O)C2CCCO2)CC1.CC(C)N1CCN(C(=O)C2CCNCC2)CC1.CC(C)N1CCN(C(=O)N2CCCCC2)CC1.CC(C)OC1CCN(C(=O)N2CCN(C(C)C)CC2)C1.COC1CCN(C(=O)N2CCN(C(C)C)CC2)C1.COCC1CCN(C(=O)N2CCN(C(C)C)CC2)C1. The van der Waals surface area contributed by atoms with Crippen molar-refractivity contribution in [2.75, 3.05) is 309 Å². The Morgan fingerprint density at radius 3 is 0.901 bits per heavy atom. The van der Waals surface area contributed by atoms with Crippen molar-refractivity contribution in [2.24, 2.45) is 17.8 Å². The molecule has 15 saturated heterocycles. The van der Waals surface area contributed by atoms with Crippen LogP contribution in [-0.4, -0.2) is 533 Å². The highest BCUT2D eigenvalue weighted by Crippen LogP contribution is 2.29. The van der Waals surface area contributed by atoms with Crippen LogP contribution in [0.25, 0.3) is 0 Å². The quantitative estimate of drug-likeness (QED) is 0.137. The second-order valence-electron chi connectivity index (χ2n) is 45.0. The van der Waals surface area contributed by atoms with Gasteiger partial charge >= 0.3 is 24.1 Å². The van der Waals surface area contributed by atoms with Gasteiger partial charge in [0.25, 0.3) is 5.91 Å². The number of nitrogens with zero attached hydrogens (tertiary/aromatic N) is 20. The average Bonchev–Trinajstić information content (AvgIpc) is 1.71. The summed E-state index contributed by atoms with van der Waals surface area (Å²) in [4.78, 5) is 142. The molecule has 34 nitrogen and oxygen atoms in total. The fourth-order valence-corrected chi connectivity index (χ4v) is 22.5. The van der Waals surface area contributed by atoms with Crippen LogP contribution in [0, 0.1) is 17.8 Å². The second kappa shape index (κ2) is 62.6. The van der Waals surface area contributed by atoms with Crippen molar-refractivity contribution < 1.29 is 57.3 Å². The van der Waals surface area contributed by atoms with Crippen molar-refractivity contribution in [3.8, 4) is 0 Å². The van der Waals surface area contributed by atoms with Crippen LogP contribution in [0.2, 0.25) is 0 Å². The number of piperidine rings is 3. The van der Waals surface area contributed by atoms with E-state index in [0.717, 1.165) is 359 Å². The highest BCUT2D eigenvalue weighted by atomic mass is 16.5. The van der Waals surface area contributed by atoms with Crippen molar-refractivity contribution in [1.82, 2.24) is 109 Å². The Hall–Kier alpha value is -5.60. The Labute approximate surface area is 854 Å². The monoisotopic (exact) mass is 1990 g/mol. The minimum atomic E-state index is -0.148. The summed E-state index contributed by atoms with van der Waals surface area (Å²) >= 11 is 0. The lowest BCUT2D eigenvalue weighted by atomic mass is 9.88. The first-order valence-electron chi connectivity index (χ1n) is 56.6. The predicted octanol–water partition coefficient (Wildman–Crippen LogP) is 9.26. The molecule has 0 aromatic heterocycles. The minimum Gasteiger partial charge on any atom is -0.384 e. The Morgan fingerprint density at radius 2 is 0.574 bits per heavy atom. The van der Waals surface area contributed by atoms with Gasteiger partial charge in [0, 0.05) is 349 Å². The third-order valence-electron chi connectivity index (χ3n) is 32.4. The number of nitrogens with one attached hydrogen (secondary N) is 2. The smallest absolute Gasteiger partial charge is 0.320 e. The van der Waals surface area contributed by atoms with E-state index in [1.54, 1.807) is 14.2 Å². The molecule has 2 N–H and O–H groups in total. The van der Waals surface area contributed by atoms with E-state index >= 15 is 0 Å². The zero-order valence-electron chi connectivity index (χ0n) is 92.6. The number of piperazine rings is 8. The zero-order chi connectivity index (χ0) is 102. The summed E-state index contributed by atoms with van der Waals surface area (Å²) < 4.78 is 21.7. The molecule has 15 heterocycles. The number of hydrogen-bond donors (Lipinski definition) is 2. The molecule has 814 valence electrons. The Bertz CT molecular complexity index is 3300. The largest absolute Gasteiger partial charge is 0.384 e. The van der Waals surface area contributed by atoms with Gasteiger partial charge in [-0.2, -0.15) is 0 Å². The van der Waals surface area contributed by atoms with Gasteiger partial charge < -0.3 is 88.4 Å². The molecule has 0 spiro atoms. The summed E-state index contributed by atoms with van der Waals surface area (Å²) in [6.07, 6.45) is 20.7. The first-order valence-corrected chi connectivity index (χ1v) is 56.6. The number of urea groups is 4. The van der Waals surface area contributed by atoms with Crippen LogP contribution in [-0.2, 0) is 38.1 Å². The van der Waals surface area contributed by atoms with Gasteiger partial charge in [-0.15, -0.1) is 0 Å². The molecular formula is C107H204N22O12. The molecule has 0 bridgehead atoms. The predicted molar refractivity (Wildman–Crippen MR) is 565 cm³/mol. The zero-order valence-corrected chi connectivity index (χ0v) is 92.6. The van der Waals surface area contributed by atoms with Crippen LogP contribution in [0.15, 0.2) is 0 Å². The van der Waals surface area contributed by atoms with Crippen molar-refractivity contribution in [2.45, 2.75) is 319 Å². The normalized spacial score (nSPS) is 25.4. The van der Waals surface area contributed by atoms with Crippen LogP contribution in [0.5, 0.6) is 0 Å². The minimum absolute atomic E-state index is 0.0920. The molecule has 16 aliphatic rings. The van der Waals surface area contributed by atoms with Gasteiger partial charge in [0.15, 0.2) is 0 Å². The first kappa shape index (κ1) is 119. The number of carbonyl (C=O) groups is 8. The van der Waals surface area contributed by atoms with Crippen molar-refractivity contribution in [3.63, 3.8) is 0 Å². The highest BCUT2D eigenvalue weighted by Gasteiger charge is 2.40. The van der Waals surface area contributed by atoms with E-state index in [4.69, 9.17) is 18.9 Å². The molecule has 5 atom stereocenters. The average molecular weight is 1990 g/mol. The Kier molecular flexibility index (Phi) is 52.8. The maximum absolute atomic E-state index is 12.5. The van der Waals surface area contributed by atoms with Crippen LogP contribution in [0.4, 0.5) is 19.2 Å². The topological polar surface area (TPSA) is 262 Å². The van der Waals surface area contributed by atoms with Crippen molar-refractivity contribution in [3.05, 3.63) is 0 Å². The number of amides is 12. The van der Waals surface area contributed by atoms with Crippen LogP contribution < -0.4 is 10.6 Å². The van der Waals surface area contributed by atoms with Gasteiger partial charge in [-0.1, -0.05) is 25.7 Å². The highest BCUT2D eigenvalue weighted by molar-refractivity contribution is 5.83. The molecule has 0 aromatic carbocycles. The van der Waals surface area contributed by atoms with E-state index in [1.807, 2.05) is 49.0 Å². The summed E-state index contributed by atoms with van der Waals surface area (Å²) in [6.45, 7) is 81.3. The van der Waals surface area contributed by atoms with Gasteiger partial charge in [-0.05, 0) is 234 Å². The first-order chi connectivity index (χ1) is 67.6. The molecular weight excluding hydrogens is 1790 g/mol. The van der Waals surface area contributed by atoms with Crippen molar-refractivity contribution >= 4 is 47.8 Å². The number of hydrogen-bond acceptors (Lipinski definition) is 22. The van der Waals surface area contributed by atoms with E-state index in [0.29, 0.717) is 77.9 Å². The van der Waals surface area contributed by atoms with E-state index < -0.39 is 0 Å². The number of carbonyl (C=O) groups excluding carboxylic acids is 8. The van der Waals surface area contributed by atoms with Gasteiger partial charge in [0.2, 0.25) is 17.7 Å². The molecule has 0 radical (unpaired) electrons. The molecule has 5 unspecified atom stereocenters. The molecule has 12 amide bonds. The molecule has 16 fully saturated rings. The third-order valence-corrected chi connectivity index (χ3v) is 32.4. The van der Waals surface area contributed by atoms with E-state index in [1.165, 1.54) is 51.4 Å². The molecule has 1 aliphatic carbocycles. The molecule has 34 heteroatoms. The molecule has 141 heavy (non-hydrogen) atoms. The standard InChI is InChI=1S/C15H29N3O2.C14H27N3O2.C14H26N2O.C13H25N3O2.3C13H25N3O.C12H22N2O2/c1-12(2)16-7-9-17(10-8-16)15(19)18-6-5-14(11-18)20-13(3)4;1-12(2)15-6-8-16(9-7-15)14(18)17-5-4-13(10-17)11-19-3;1-12(2)15-8-10-16(11-9-15)14(17)13-6-4-3-5-7-13;1-11(2)14-6-8-15(9-7-14)13(17)16-5-4-12(10-16)18-3;1-11(2)15-7-9-16(10-8-15)13(17)12-3-5-14-6-4-12;1-11(2)15-7-9-16(10-8-15)13(17)12-5-3-4-6-14-12;1-12(2)14-8-10-16(11-9-14)13(17)15-6-4-3-5-7-15;1-10(2)13-5-7-14(8-6-13)12(15)11-4-3-9-16-11/h12-14H,5-11H2,1-4H3;12-13H,4-11H2,1-3H3;12-13H,3-11H2,1-2H3;11-12H,4-10H2,1-3H3;2*11-12,14H,3-10H2,1-2H3;12H,3-11H2,1-2H3;10-11H,3-9H2,1-2H3. The number of methoxy groups -OCH3 is 2. The van der Waals surface area contributed by atoms with Crippen molar-refractivity contribution in [1.29, 1.82) is 0 Å². The Morgan fingerprint density at radius 1 is 0.270 bits per heavy atom. The fraction of sp³-hybridized carbons (Fsp3) is 0.925. The summed E-state index contributed by atoms with van der Waals surface area (Å²) in [5.74, 6) is 2.51. The maximum Gasteiger partial charge on any atom is 0.320 e. The second-order valence-corrected chi connectivity index (χ2v) is 45.0. The summed E-state index contributed by atoms with van der Waals surface area (Å²) in [7, 11) is 3.45. The summed E-state index contributed by atoms with van der Waals surface area (Å²) in [5, 5.41) is 6.66. The van der Waals surface area contributed by atoms with Gasteiger partial charge in [-0.25, -0.2) is 19.2 Å². The number of likely N-dealkylation sites (tertiary alicyclic amines) is 4. The lowest BCUT2D eigenvalue weighted by Gasteiger charge is -2.39. The molecule has 1 saturated carbocycles. The van der Waals surface area contributed by atoms with Gasteiger partial charge in [-0.3, -0.25) is 58.4 Å². The third kappa shape index (κ3) is 39.1.